The Balaban J connectivity index is 2.23. The highest BCUT2D eigenvalue weighted by molar-refractivity contribution is 6.31. The van der Waals surface area contributed by atoms with Crippen molar-refractivity contribution in [1.29, 1.82) is 0 Å². The number of carbonyl (C=O) groups excluding carboxylic acids is 3. The topological polar surface area (TPSA) is 91.0 Å². The molecule has 32 heavy (non-hydrogen) atoms. The average Bonchev–Trinajstić information content (AvgIpc) is 2.70. The molecular formula is C23H35ClN4O4. The number of hydrogen-bond acceptors (Lipinski definition) is 5. The molecule has 1 aliphatic heterocycles. The van der Waals surface area contributed by atoms with E-state index >= 15 is 0 Å². The lowest BCUT2D eigenvalue weighted by atomic mass is 10.0. The van der Waals surface area contributed by atoms with Crippen molar-refractivity contribution in [2.75, 3.05) is 46.9 Å². The molecule has 0 aromatic heterocycles. The van der Waals surface area contributed by atoms with Gasteiger partial charge in [0, 0.05) is 18.1 Å². The van der Waals surface area contributed by atoms with Gasteiger partial charge in [-0.3, -0.25) is 14.4 Å². The van der Waals surface area contributed by atoms with Gasteiger partial charge in [-0.2, -0.15) is 0 Å². The van der Waals surface area contributed by atoms with Crippen molar-refractivity contribution in [1.82, 2.24) is 20.4 Å². The van der Waals surface area contributed by atoms with Crippen molar-refractivity contribution >= 4 is 29.3 Å². The first-order valence-corrected chi connectivity index (χ1v) is 11.5. The van der Waals surface area contributed by atoms with Gasteiger partial charge < -0.3 is 25.2 Å². The molecule has 9 heteroatoms. The molecule has 0 aliphatic carbocycles. The molecule has 0 saturated carbocycles. The number of amides is 3. The maximum absolute atomic E-state index is 12.8. The fourth-order valence-electron chi connectivity index (χ4n) is 3.57. The highest BCUT2D eigenvalue weighted by Crippen LogP contribution is 2.23. The number of nitrogens with zero attached hydrogens (tertiary/aromatic N) is 2. The molecule has 8 nitrogen and oxygen atoms in total. The number of ether oxygens (including phenoxy) is 1. The highest BCUT2D eigenvalue weighted by atomic mass is 35.5. The smallest absolute Gasteiger partial charge is 0.255 e. The molecule has 2 rings (SSSR count). The van der Waals surface area contributed by atoms with Crippen LogP contribution in [0.2, 0.25) is 5.02 Å². The van der Waals surface area contributed by atoms with Gasteiger partial charge in [0.1, 0.15) is 12.4 Å². The molecule has 0 saturated heterocycles. The molecule has 1 heterocycles. The van der Waals surface area contributed by atoms with Crippen LogP contribution in [0.3, 0.4) is 0 Å². The average molecular weight is 467 g/mol. The third kappa shape index (κ3) is 8.67. The lowest BCUT2D eigenvalue weighted by molar-refractivity contribution is -0.137. The summed E-state index contributed by atoms with van der Waals surface area (Å²) in [6.07, 6.45) is 2.04. The second kappa shape index (κ2) is 12.6. The maximum atomic E-state index is 12.8. The Morgan fingerprint density at radius 2 is 2.03 bits per heavy atom. The molecule has 1 aliphatic rings. The minimum absolute atomic E-state index is 0.000176. The predicted octanol–water partition coefficient (Wildman–Crippen LogP) is 2.16. The van der Waals surface area contributed by atoms with Crippen LogP contribution in [0.15, 0.2) is 18.2 Å². The van der Waals surface area contributed by atoms with Gasteiger partial charge in [0.2, 0.25) is 11.8 Å². The third-order valence-electron chi connectivity index (χ3n) is 5.03. The minimum atomic E-state index is -0.262. The summed E-state index contributed by atoms with van der Waals surface area (Å²) in [5.41, 5.74) is 0.366. The van der Waals surface area contributed by atoms with Crippen molar-refractivity contribution in [3.63, 3.8) is 0 Å². The number of hydrogen-bond donors (Lipinski definition) is 2. The van der Waals surface area contributed by atoms with Gasteiger partial charge >= 0.3 is 0 Å². The Labute approximate surface area is 195 Å². The Morgan fingerprint density at radius 3 is 2.72 bits per heavy atom. The van der Waals surface area contributed by atoms with E-state index in [2.05, 4.69) is 24.5 Å². The van der Waals surface area contributed by atoms with E-state index in [-0.39, 0.29) is 43.5 Å². The zero-order valence-corrected chi connectivity index (χ0v) is 20.2. The number of carbonyl (C=O) groups is 3. The van der Waals surface area contributed by atoms with Crippen LogP contribution in [-0.4, -0.2) is 80.4 Å². The van der Waals surface area contributed by atoms with Gasteiger partial charge in [-0.05, 0) is 57.5 Å². The van der Waals surface area contributed by atoms with E-state index in [0.717, 1.165) is 0 Å². The van der Waals surface area contributed by atoms with Crippen LogP contribution < -0.4 is 15.4 Å². The van der Waals surface area contributed by atoms with E-state index in [1.807, 2.05) is 14.1 Å². The van der Waals surface area contributed by atoms with Crippen LogP contribution in [-0.2, 0) is 9.59 Å². The predicted molar refractivity (Wildman–Crippen MR) is 125 cm³/mol. The number of fused-ring (bicyclic) bond motifs is 1. The van der Waals surface area contributed by atoms with Gasteiger partial charge in [0.25, 0.3) is 5.91 Å². The third-order valence-corrected chi connectivity index (χ3v) is 5.26. The minimum Gasteiger partial charge on any atom is -0.491 e. The van der Waals surface area contributed by atoms with Crippen molar-refractivity contribution in [3.05, 3.63) is 28.8 Å². The molecule has 0 spiro atoms. The maximum Gasteiger partial charge on any atom is 0.255 e. The standard InChI is InChI=1S/C23H35ClN4O4/c1-16(2)11-18-15-32-20-8-7-17(24)12-19(20)23(31)25-9-5-6-10-28(13-21(29)26-18)22(30)14-27(3)4/h7-8,12,16,18H,5-6,9-11,13-15H2,1-4H3,(H,25,31)(H,26,29)/t18-/m0/s1. The quantitative estimate of drug-likeness (QED) is 0.709. The number of rotatable bonds is 4. The summed E-state index contributed by atoms with van der Waals surface area (Å²) in [6, 6.07) is 4.67. The van der Waals surface area contributed by atoms with Gasteiger partial charge in [0.15, 0.2) is 0 Å². The van der Waals surface area contributed by atoms with E-state index in [1.165, 1.54) is 0 Å². The van der Waals surface area contributed by atoms with Gasteiger partial charge in [-0.1, -0.05) is 25.4 Å². The van der Waals surface area contributed by atoms with Crippen LogP contribution in [0.25, 0.3) is 0 Å². The molecule has 1 atom stereocenters. The van der Waals surface area contributed by atoms with Crippen molar-refractivity contribution < 1.29 is 19.1 Å². The molecule has 3 amide bonds. The molecule has 178 valence electrons. The van der Waals surface area contributed by atoms with E-state index < -0.39 is 0 Å². The van der Waals surface area contributed by atoms with Gasteiger partial charge in [-0.15, -0.1) is 0 Å². The van der Waals surface area contributed by atoms with Crippen molar-refractivity contribution in [2.45, 2.75) is 39.2 Å². The Hall–Kier alpha value is -2.32. The molecule has 0 bridgehead atoms. The van der Waals surface area contributed by atoms with E-state index in [4.69, 9.17) is 16.3 Å². The SMILES string of the molecule is CC(C)C[C@H]1COc2ccc(Cl)cc2C(=O)NCCCCN(C(=O)CN(C)C)CC(=O)N1. The second-order valence-corrected chi connectivity index (χ2v) is 9.30. The lowest BCUT2D eigenvalue weighted by Gasteiger charge is -2.26. The Kier molecular flexibility index (Phi) is 10.3. The van der Waals surface area contributed by atoms with Crippen LogP contribution in [0.1, 0.15) is 43.5 Å². The monoisotopic (exact) mass is 466 g/mol. The molecule has 1 aromatic rings. The van der Waals surface area contributed by atoms with E-state index in [0.29, 0.717) is 54.6 Å². The summed E-state index contributed by atoms with van der Waals surface area (Å²) in [4.78, 5) is 41.5. The highest BCUT2D eigenvalue weighted by Gasteiger charge is 2.22. The lowest BCUT2D eigenvalue weighted by Crippen LogP contribution is -2.48. The second-order valence-electron chi connectivity index (χ2n) is 8.86. The zero-order valence-electron chi connectivity index (χ0n) is 19.4. The summed E-state index contributed by atoms with van der Waals surface area (Å²) in [5.74, 6) is 0.171. The number of halogens is 1. The first kappa shape index (κ1) is 25.9. The van der Waals surface area contributed by atoms with Crippen molar-refractivity contribution in [2.24, 2.45) is 5.92 Å². The number of nitrogens with one attached hydrogen (secondary N) is 2. The van der Waals surface area contributed by atoms with E-state index in [1.54, 1.807) is 28.0 Å². The fraction of sp³-hybridized carbons (Fsp3) is 0.609. The molecule has 1 aromatic carbocycles. The van der Waals surface area contributed by atoms with E-state index in [9.17, 15) is 14.4 Å². The van der Waals surface area contributed by atoms with Crippen LogP contribution in [0.4, 0.5) is 0 Å². The van der Waals surface area contributed by atoms with Gasteiger partial charge in [0.05, 0.1) is 24.7 Å². The van der Waals surface area contributed by atoms with Crippen LogP contribution >= 0.6 is 11.6 Å². The molecule has 2 N–H and O–H groups in total. The first-order valence-electron chi connectivity index (χ1n) is 11.1. The summed E-state index contributed by atoms with van der Waals surface area (Å²) in [6.45, 7) is 5.47. The summed E-state index contributed by atoms with van der Waals surface area (Å²) in [7, 11) is 3.64. The fourth-order valence-corrected chi connectivity index (χ4v) is 3.74. The zero-order chi connectivity index (χ0) is 23.7. The largest absolute Gasteiger partial charge is 0.491 e. The Morgan fingerprint density at radius 1 is 1.28 bits per heavy atom. The van der Waals surface area contributed by atoms with Crippen molar-refractivity contribution in [3.8, 4) is 5.75 Å². The normalized spacial score (nSPS) is 18.8. The number of benzene rings is 1. The van der Waals surface area contributed by atoms with Crippen LogP contribution in [0, 0.1) is 5.92 Å². The first-order chi connectivity index (χ1) is 15.2. The summed E-state index contributed by atoms with van der Waals surface area (Å²) in [5, 5.41) is 6.35. The molecule has 0 unspecified atom stereocenters. The molecule has 0 fully saturated rings. The molecular weight excluding hydrogens is 432 g/mol. The van der Waals surface area contributed by atoms with Crippen LogP contribution in [0.5, 0.6) is 5.75 Å². The summed E-state index contributed by atoms with van der Waals surface area (Å²) < 4.78 is 5.96. The number of likely N-dealkylation sites (N-methyl/N-ethyl adjacent to an activating group) is 1. The molecule has 0 radical (unpaired) electrons. The summed E-state index contributed by atoms with van der Waals surface area (Å²) >= 11 is 6.10. The van der Waals surface area contributed by atoms with Gasteiger partial charge in [-0.25, -0.2) is 0 Å². The Bertz CT molecular complexity index is 800.